The molecule has 2 unspecified atom stereocenters. The number of aryl methyl sites for hydroxylation is 1. The van der Waals surface area contributed by atoms with E-state index in [1.807, 2.05) is 18.2 Å². The van der Waals surface area contributed by atoms with Gasteiger partial charge in [-0.1, -0.05) is 19.4 Å². The van der Waals surface area contributed by atoms with Crippen LogP contribution in [0.2, 0.25) is 0 Å². The van der Waals surface area contributed by atoms with Crippen LogP contribution in [-0.2, 0) is 16.0 Å². The number of ether oxygens (including phenoxy) is 2. The molecular formula is C26H36N6O4. The Morgan fingerprint density at radius 3 is 2.69 bits per heavy atom. The summed E-state index contributed by atoms with van der Waals surface area (Å²) in [6.07, 6.45) is 7.20. The standard InChI is InChI=1S/C26H36N6O4/c1-3-20-19(17-10-12-35-18(13-17)14-24(33)34)7-8-22(30-20)25(27)23(32(2)28)15-36-26-29-11-9-21(31-26)16-5-4-6-16/h7-9,11,16-18H,3-6,10,12-15,27-28H2,1-2H3,(H,33,34)/b25-23-. The average Bonchev–Trinajstić information content (AvgIpc) is 2.82. The van der Waals surface area contributed by atoms with E-state index in [-0.39, 0.29) is 25.0 Å². The van der Waals surface area contributed by atoms with Gasteiger partial charge in [0.15, 0.2) is 0 Å². The first-order chi connectivity index (χ1) is 17.4. The Labute approximate surface area is 211 Å². The molecule has 2 atom stereocenters. The highest BCUT2D eigenvalue weighted by molar-refractivity contribution is 5.67. The molecule has 0 radical (unpaired) electrons. The van der Waals surface area contributed by atoms with Gasteiger partial charge in [-0.2, -0.15) is 4.98 Å². The highest BCUT2D eigenvalue weighted by atomic mass is 16.5. The van der Waals surface area contributed by atoms with Crippen molar-refractivity contribution in [3.05, 3.63) is 52.7 Å². The SMILES string of the molecule is CCc1nc(/C(N)=C(\COc2nccc(C3CCC3)n2)N(C)N)ccc1C1CCOC(CC(=O)O)C1. The van der Waals surface area contributed by atoms with E-state index >= 15 is 0 Å². The van der Waals surface area contributed by atoms with Crippen LogP contribution in [0.3, 0.4) is 0 Å². The van der Waals surface area contributed by atoms with Gasteiger partial charge in [0.2, 0.25) is 0 Å². The van der Waals surface area contributed by atoms with Gasteiger partial charge >= 0.3 is 12.0 Å². The summed E-state index contributed by atoms with van der Waals surface area (Å²) in [5, 5.41) is 10.6. The third-order valence-corrected chi connectivity index (χ3v) is 7.08. The Hall–Kier alpha value is -3.24. The fourth-order valence-corrected chi connectivity index (χ4v) is 4.82. The van der Waals surface area contributed by atoms with E-state index in [4.69, 9.17) is 31.1 Å². The van der Waals surface area contributed by atoms with Crippen LogP contribution in [0.15, 0.2) is 30.1 Å². The molecule has 0 aromatic carbocycles. The minimum atomic E-state index is -0.844. The zero-order valence-corrected chi connectivity index (χ0v) is 21.0. The summed E-state index contributed by atoms with van der Waals surface area (Å²) in [4.78, 5) is 24.8. The van der Waals surface area contributed by atoms with Crippen LogP contribution in [0.4, 0.5) is 0 Å². The number of nitrogens with zero attached hydrogens (tertiary/aromatic N) is 4. The van der Waals surface area contributed by atoms with Crippen LogP contribution in [-0.4, -0.2) is 57.4 Å². The first kappa shape index (κ1) is 25.8. The summed E-state index contributed by atoms with van der Waals surface area (Å²) in [6.45, 7) is 2.70. The Morgan fingerprint density at radius 2 is 2.03 bits per heavy atom. The molecule has 2 aromatic heterocycles. The molecule has 0 bridgehead atoms. The highest BCUT2D eigenvalue weighted by Gasteiger charge is 2.28. The lowest BCUT2D eigenvalue weighted by Gasteiger charge is -2.30. The predicted octanol–water partition coefficient (Wildman–Crippen LogP) is 2.95. The van der Waals surface area contributed by atoms with Crippen LogP contribution in [0, 0.1) is 0 Å². The number of hydrogen-bond donors (Lipinski definition) is 3. The number of hydrazine groups is 1. The van der Waals surface area contributed by atoms with Gasteiger partial charge < -0.3 is 25.3 Å². The molecule has 2 fully saturated rings. The molecule has 2 aliphatic rings. The van der Waals surface area contributed by atoms with Gasteiger partial charge in [-0.15, -0.1) is 0 Å². The molecule has 1 saturated heterocycles. The maximum Gasteiger partial charge on any atom is 0.316 e. The fraction of sp³-hybridized carbons (Fsp3) is 0.538. The van der Waals surface area contributed by atoms with Crippen molar-refractivity contribution in [2.24, 2.45) is 11.6 Å². The molecule has 0 spiro atoms. The van der Waals surface area contributed by atoms with E-state index in [1.54, 1.807) is 13.2 Å². The lowest BCUT2D eigenvalue weighted by molar-refractivity contribution is -0.141. The van der Waals surface area contributed by atoms with Crippen molar-refractivity contribution in [3.63, 3.8) is 0 Å². The number of carbonyl (C=O) groups is 1. The van der Waals surface area contributed by atoms with Crippen molar-refractivity contribution in [1.29, 1.82) is 0 Å². The molecule has 1 aliphatic carbocycles. The van der Waals surface area contributed by atoms with Gasteiger partial charge in [0, 0.05) is 31.5 Å². The predicted molar refractivity (Wildman–Crippen MR) is 135 cm³/mol. The number of hydrogen-bond acceptors (Lipinski definition) is 9. The molecule has 1 saturated carbocycles. The Bertz CT molecular complexity index is 1100. The summed E-state index contributed by atoms with van der Waals surface area (Å²) in [7, 11) is 1.71. The molecule has 10 heteroatoms. The summed E-state index contributed by atoms with van der Waals surface area (Å²) < 4.78 is 11.5. The lowest BCUT2D eigenvalue weighted by Crippen LogP contribution is -2.31. The molecule has 1 aliphatic heterocycles. The highest BCUT2D eigenvalue weighted by Crippen LogP contribution is 2.36. The van der Waals surface area contributed by atoms with Gasteiger partial charge in [0.1, 0.15) is 6.61 Å². The van der Waals surface area contributed by atoms with Crippen molar-refractivity contribution >= 4 is 11.7 Å². The van der Waals surface area contributed by atoms with Crippen molar-refractivity contribution < 1.29 is 19.4 Å². The normalized spacial score (nSPS) is 20.9. The topological polar surface area (TPSA) is 150 Å². The first-order valence-corrected chi connectivity index (χ1v) is 12.6. The quantitative estimate of drug-likeness (QED) is 0.331. The molecule has 4 rings (SSSR count). The number of aromatic nitrogens is 3. The lowest BCUT2D eigenvalue weighted by atomic mass is 9.83. The number of aliphatic carboxylic acids is 1. The second-order valence-electron chi connectivity index (χ2n) is 9.55. The van der Waals surface area contributed by atoms with Crippen molar-refractivity contribution in [2.75, 3.05) is 20.3 Å². The summed E-state index contributed by atoms with van der Waals surface area (Å²) >= 11 is 0. The smallest absolute Gasteiger partial charge is 0.316 e. The Balaban J connectivity index is 1.52. The van der Waals surface area contributed by atoms with Gasteiger partial charge in [-0.25, -0.2) is 10.8 Å². The summed E-state index contributed by atoms with van der Waals surface area (Å²) in [5.41, 5.74) is 11.2. The van der Waals surface area contributed by atoms with E-state index in [0.29, 0.717) is 42.0 Å². The zero-order chi connectivity index (χ0) is 25.7. The number of nitrogens with two attached hydrogens (primary N) is 2. The van der Waals surface area contributed by atoms with Crippen molar-refractivity contribution in [1.82, 2.24) is 20.0 Å². The van der Waals surface area contributed by atoms with E-state index in [9.17, 15) is 4.79 Å². The molecule has 194 valence electrons. The molecule has 10 nitrogen and oxygen atoms in total. The number of rotatable bonds is 10. The molecule has 5 N–H and O–H groups in total. The third kappa shape index (κ3) is 6.11. The summed E-state index contributed by atoms with van der Waals surface area (Å²) in [6, 6.07) is 6.18. The van der Waals surface area contributed by atoms with Crippen LogP contribution in [0.5, 0.6) is 6.01 Å². The maximum atomic E-state index is 11.1. The zero-order valence-electron chi connectivity index (χ0n) is 21.0. The number of carboxylic acids is 1. The van der Waals surface area contributed by atoms with Crippen LogP contribution in [0.1, 0.15) is 79.9 Å². The Kier molecular flexibility index (Phi) is 8.37. The number of carboxylic acid groups (broad SMARTS) is 1. The summed E-state index contributed by atoms with van der Waals surface area (Å²) in [5.74, 6) is 5.94. The molecule has 0 amide bonds. The van der Waals surface area contributed by atoms with E-state index in [1.165, 1.54) is 11.4 Å². The second-order valence-corrected chi connectivity index (χ2v) is 9.55. The first-order valence-electron chi connectivity index (χ1n) is 12.6. The van der Waals surface area contributed by atoms with Gasteiger partial charge in [-0.3, -0.25) is 9.78 Å². The van der Waals surface area contributed by atoms with Crippen LogP contribution >= 0.6 is 0 Å². The van der Waals surface area contributed by atoms with Gasteiger partial charge in [-0.05, 0) is 55.7 Å². The molecule has 3 heterocycles. The van der Waals surface area contributed by atoms with Crippen LogP contribution in [0.25, 0.3) is 5.70 Å². The second kappa shape index (κ2) is 11.7. The van der Waals surface area contributed by atoms with Crippen molar-refractivity contribution in [2.45, 2.75) is 69.8 Å². The Morgan fingerprint density at radius 1 is 1.22 bits per heavy atom. The van der Waals surface area contributed by atoms with E-state index in [2.05, 4.69) is 16.9 Å². The van der Waals surface area contributed by atoms with E-state index in [0.717, 1.165) is 42.6 Å². The number of pyridine rings is 1. The monoisotopic (exact) mass is 496 g/mol. The molecule has 2 aromatic rings. The van der Waals surface area contributed by atoms with Crippen LogP contribution < -0.4 is 16.3 Å². The van der Waals surface area contributed by atoms with Gasteiger partial charge in [0.25, 0.3) is 0 Å². The largest absolute Gasteiger partial charge is 0.481 e. The van der Waals surface area contributed by atoms with E-state index < -0.39 is 5.97 Å². The minimum Gasteiger partial charge on any atom is -0.481 e. The molecule has 36 heavy (non-hydrogen) atoms. The molecular weight excluding hydrogens is 460 g/mol. The van der Waals surface area contributed by atoms with Crippen molar-refractivity contribution in [3.8, 4) is 6.01 Å². The number of likely N-dealkylation sites (N-methyl/N-ethyl adjacent to an activating group) is 1. The fourth-order valence-electron chi connectivity index (χ4n) is 4.82. The van der Waals surface area contributed by atoms with Gasteiger partial charge in [0.05, 0.1) is 35.3 Å². The third-order valence-electron chi connectivity index (χ3n) is 7.08. The minimum absolute atomic E-state index is 0.0125. The average molecular weight is 497 g/mol. The maximum absolute atomic E-state index is 11.1.